The molecule has 0 spiro atoms. The third-order valence-corrected chi connectivity index (χ3v) is 0. The van der Waals surface area contributed by atoms with E-state index in [1.165, 1.54) is 0 Å². The summed E-state index contributed by atoms with van der Waals surface area (Å²) >= 11 is -1.32. The van der Waals surface area contributed by atoms with Crippen LogP contribution in [0.5, 0.6) is 0 Å². The van der Waals surface area contributed by atoms with Crippen molar-refractivity contribution in [1.29, 1.82) is 0 Å². The van der Waals surface area contributed by atoms with Gasteiger partial charge < -0.3 is 0 Å². The number of rotatable bonds is 0. The van der Waals surface area contributed by atoms with E-state index < -0.39 is 19.4 Å². The predicted octanol–water partition coefficient (Wildman–Crippen LogP) is -0.613. The van der Waals surface area contributed by atoms with Crippen LogP contribution in [0.1, 0.15) is 0 Å². The Morgan fingerprint density at radius 2 is 1.60 bits per heavy atom. The molecule has 0 bridgehead atoms. The Hall–Kier alpha value is 2.31. The molecule has 28 valence electrons. The third kappa shape index (κ3) is 22.0. The fourth-order valence-corrected chi connectivity index (χ4v) is 0. The molecule has 0 rings (SSSR count). The van der Waals surface area contributed by atoms with Gasteiger partial charge >= 0.3 is 31.3 Å². The average molecular weight is 371 g/mol. The first-order chi connectivity index (χ1) is 1.41. The molecule has 0 saturated heterocycles. The van der Waals surface area contributed by atoms with E-state index in [4.69, 9.17) is 3.02 Å². The van der Waals surface area contributed by atoms with Gasteiger partial charge in [0.25, 0.3) is 0 Å². The molecule has 0 aliphatic heterocycles. The smallest absolute Gasteiger partial charge is 0 e. The molecule has 0 heterocycles. The van der Waals surface area contributed by atoms with Crippen molar-refractivity contribution in [2.75, 3.05) is 0 Å². The minimum Gasteiger partial charge on any atom is 0 e. The maximum Gasteiger partial charge on any atom is 0 e. The van der Waals surface area contributed by atoms with Crippen LogP contribution in [0.15, 0.2) is 0 Å². The molecule has 0 aromatic carbocycles. The van der Waals surface area contributed by atoms with Crippen molar-refractivity contribution >= 4 is 69.8 Å². The first-order valence-electron chi connectivity index (χ1n) is 0.365. The molecule has 0 aromatic heterocycles. The average Bonchev–Trinajstić information content (AvgIpc) is 0.918. The fourth-order valence-electron chi connectivity index (χ4n) is 0. The van der Waals surface area contributed by atoms with Gasteiger partial charge in [0.1, 0.15) is 0 Å². The third-order valence-electron chi connectivity index (χ3n) is 0. The van der Waals surface area contributed by atoms with E-state index in [2.05, 4.69) is 8.94 Å². The van der Waals surface area contributed by atoms with Crippen molar-refractivity contribution in [1.82, 2.24) is 0 Å². The minimum absolute atomic E-state index is 0. The number of hydrogen-bond donors (Lipinski definition) is 0. The molecule has 0 saturated carbocycles. The Kier molecular flexibility index (Phi) is 50.9. The van der Waals surface area contributed by atoms with Gasteiger partial charge in [-0.3, -0.25) is 0 Å². The molecule has 5 heteroatoms. The van der Waals surface area contributed by atoms with E-state index in [9.17, 15) is 0 Å². The van der Waals surface area contributed by atoms with Gasteiger partial charge in [-0.2, -0.15) is 0 Å². The molecule has 0 aliphatic rings. The van der Waals surface area contributed by atoms with E-state index >= 15 is 0 Å². The van der Waals surface area contributed by atoms with Gasteiger partial charge in [-0.1, -0.05) is 0 Å². The van der Waals surface area contributed by atoms with Crippen LogP contribution in [0.25, 0.3) is 0 Å². The Morgan fingerprint density at radius 1 is 1.60 bits per heavy atom. The molecule has 0 atom stereocenters. The quantitative estimate of drug-likeness (QED) is 0.520. The summed E-state index contributed by atoms with van der Waals surface area (Å²) in [7, 11) is 3.99. The van der Waals surface area contributed by atoms with Crippen molar-refractivity contribution in [3.05, 3.63) is 0 Å². The summed E-state index contributed by atoms with van der Waals surface area (Å²) < 4.78 is 8.90. The van der Waals surface area contributed by atoms with Crippen LogP contribution < -0.4 is 0 Å². The summed E-state index contributed by atoms with van der Waals surface area (Å²) in [5.41, 5.74) is 0. The zero-order chi connectivity index (χ0) is 2.71. The van der Waals surface area contributed by atoms with Crippen LogP contribution >= 0.6 is 8.94 Å². The van der Waals surface area contributed by atoms with Gasteiger partial charge in [-0.25, -0.2) is 0 Å². The topological polar surface area (TPSA) is 17.1 Å². The normalized spacial score (nSPS) is 1.40. The molecule has 0 unspecified atom stereocenters. The summed E-state index contributed by atoms with van der Waals surface area (Å²) in [6.07, 6.45) is 0. The van der Waals surface area contributed by atoms with E-state index in [-0.39, 0.29) is 41.5 Å². The molecule has 0 fully saturated rings. The second-order valence-electron chi connectivity index (χ2n) is 0.0745. The summed E-state index contributed by atoms with van der Waals surface area (Å²) in [5.74, 6) is 0. The van der Waals surface area contributed by atoms with Crippen LogP contribution in [0.4, 0.5) is 0 Å². The second kappa shape index (κ2) is 16.2. The van der Waals surface area contributed by atoms with E-state index in [0.717, 1.165) is 0 Å². The molecule has 0 aromatic rings. The van der Waals surface area contributed by atoms with Crippen molar-refractivity contribution in [2.24, 2.45) is 0 Å². The molecule has 0 aliphatic carbocycles. The Labute approximate surface area is 71.7 Å². The van der Waals surface area contributed by atoms with Crippen LogP contribution in [-0.4, -0.2) is 60.9 Å². The summed E-state index contributed by atoms with van der Waals surface area (Å²) in [6.45, 7) is 0. The monoisotopic (exact) mass is 370 g/mol. The first-order valence-corrected chi connectivity index (χ1v) is 4.90. The summed E-state index contributed by atoms with van der Waals surface area (Å²) in [6, 6.07) is 0. The van der Waals surface area contributed by atoms with E-state index in [1.807, 2.05) is 0 Å². The van der Waals surface area contributed by atoms with Crippen LogP contribution in [0.3, 0.4) is 0 Å². The Morgan fingerprint density at radius 3 is 1.60 bits per heavy atom. The van der Waals surface area contributed by atoms with E-state index in [0.29, 0.717) is 0 Å². The van der Waals surface area contributed by atoms with Crippen molar-refractivity contribution in [3.8, 4) is 0 Å². The first kappa shape index (κ1) is 15.7. The zero-order valence-corrected chi connectivity index (χ0v) is 9.75. The minimum atomic E-state index is -1.32. The molecule has 1 nitrogen and oxygen atoms in total. The largest absolute Gasteiger partial charge is 0 e. The number of hydrogen-bond acceptors (Lipinski definition) is 1. The van der Waals surface area contributed by atoms with Crippen LogP contribution in [0.2, 0.25) is 0 Å². The molecular weight excluding hydrogens is 371 g/mol. The van der Waals surface area contributed by atoms with Gasteiger partial charge in [0.15, 0.2) is 0 Å². The second-order valence-corrected chi connectivity index (χ2v) is 1.50. The summed E-state index contributed by atoms with van der Waals surface area (Å²) in [5, 5.41) is 0. The SMILES string of the molecule is [O]=[Sb]#[S].[Sb].[Se]. The molecule has 0 amide bonds. The van der Waals surface area contributed by atoms with Crippen LogP contribution in [0, 0.1) is 0 Å². The van der Waals surface area contributed by atoms with Gasteiger partial charge in [-0.05, 0) is 0 Å². The van der Waals surface area contributed by atoms with Gasteiger partial charge in [-0.15, -0.1) is 0 Å². The summed E-state index contributed by atoms with van der Waals surface area (Å²) in [4.78, 5) is 0. The fraction of sp³-hybridized carbons (Fsp3) is 0. The van der Waals surface area contributed by atoms with Crippen molar-refractivity contribution < 1.29 is 3.02 Å². The Bertz CT molecular complexity index is 55.8. The maximum atomic E-state index is 8.90. The standard InChI is InChI=1S/O.S.2Sb.Se. The van der Waals surface area contributed by atoms with Crippen molar-refractivity contribution in [3.63, 3.8) is 0 Å². The van der Waals surface area contributed by atoms with Gasteiger partial charge in [0, 0.05) is 41.5 Å². The van der Waals surface area contributed by atoms with E-state index in [1.54, 1.807) is 0 Å². The maximum absolute atomic E-state index is 8.90. The van der Waals surface area contributed by atoms with Crippen molar-refractivity contribution in [2.45, 2.75) is 0 Å². The molecule has 6 radical (unpaired) electrons. The Balaban J connectivity index is -0.0000000200. The molecule has 0 N–H and O–H groups in total. The van der Waals surface area contributed by atoms with Gasteiger partial charge in [0.05, 0.1) is 0 Å². The molecule has 5 heavy (non-hydrogen) atoms. The predicted molar refractivity (Wildman–Crippen MR) is 25.5 cm³/mol. The van der Waals surface area contributed by atoms with Gasteiger partial charge in [0.2, 0.25) is 0 Å². The molecular formula is OSSb2Se. The zero-order valence-electron chi connectivity index (χ0n) is 2.12. The van der Waals surface area contributed by atoms with Crippen LogP contribution in [-0.2, 0) is 3.02 Å².